The van der Waals surface area contributed by atoms with Crippen molar-refractivity contribution in [3.63, 3.8) is 0 Å². The molecule has 0 saturated carbocycles. The summed E-state index contributed by atoms with van der Waals surface area (Å²) in [6, 6.07) is 13.0. The number of phenols is 1. The number of halogens is 1. The van der Waals surface area contributed by atoms with E-state index >= 15 is 0 Å². The smallest absolute Gasteiger partial charge is 0.316 e. The zero-order valence-electron chi connectivity index (χ0n) is 11.2. The molecule has 5 nitrogen and oxygen atoms in total. The molecule has 21 heavy (non-hydrogen) atoms. The van der Waals surface area contributed by atoms with Gasteiger partial charge in [-0.05, 0) is 42.5 Å². The van der Waals surface area contributed by atoms with Gasteiger partial charge in [0.1, 0.15) is 5.75 Å². The van der Waals surface area contributed by atoms with E-state index in [1.165, 1.54) is 24.1 Å². The number of likely N-dealkylation sites (N-methyl/N-ethyl adjacent to an activating group) is 1. The number of anilines is 2. The van der Waals surface area contributed by atoms with Gasteiger partial charge in [-0.25, -0.2) is 0 Å². The summed E-state index contributed by atoms with van der Waals surface area (Å²) in [6.45, 7) is 0. The van der Waals surface area contributed by atoms with Gasteiger partial charge in [-0.15, -0.1) is 0 Å². The van der Waals surface area contributed by atoms with Crippen molar-refractivity contribution in [2.24, 2.45) is 0 Å². The molecule has 0 saturated heterocycles. The number of nitrogens with one attached hydrogen (secondary N) is 1. The van der Waals surface area contributed by atoms with E-state index in [4.69, 9.17) is 0 Å². The first-order valence-corrected chi connectivity index (χ1v) is 6.90. The van der Waals surface area contributed by atoms with Gasteiger partial charge in [0.25, 0.3) is 0 Å². The van der Waals surface area contributed by atoms with Crippen LogP contribution in [0.25, 0.3) is 0 Å². The number of hydrogen-bond acceptors (Lipinski definition) is 3. The number of aromatic hydroxyl groups is 1. The first-order valence-electron chi connectivity index (χ1n) is 6.11. The highest BCUT2D eigenvalue weighted by Crippen LogP contribution is 2.18. The van der Waals surface area contributed by atoms with E-state index in [0.29, 0.717) is 11.4 Å². The summed E-state index contributed by atoms with van der Waals surface area (Å²) in [5.74, 6) is -1.33. The fourth-order valence-corrected chi connectivity index (χ4v) is 2.10. The Morgan fingerprint density at radius 2 is 1.81 bits per heavy atom. The van der Waals surface area contributed by atoms with Crippen molar-refractivity contribution in [3.8, 4) is 5.75 Å². The van der Waals surface area contributed by atoms with Gasteiger partial charge >= 0.3 is 11.8 Å². The van der Waals surface area contributed by atoms with Crippen LogP contribution in [0, 0.1) is 0 Å². The van der Waals surface area contributed by atoms with E-state index in [9.17, 15) is 14.7 Å². The molecule has 2 rings (SSSR count). The second kappa shape index (κ2) is 6.41. The molecular weight excluding hydrogens is 336 g/mol. The van der Waals surface area contributed by atoms with E-state index in [1.54, 1.807) is 30.3 Å². The fraction of sp³-hybridized carbons (Fsp3) is 0.0667. The van der Waals surface area contributed by atoms with Crippen LogP contribution in [-0.4, -0.2) is 24.0 Å². The van der Waals surface area contributed by atoms with Crippen molar-refractivity contribution < 1.29 is 14.7 Å². The van der Waals surface area contributed by atoms with Crippen LogP contribution < -0.4 is 10.2 Å². The van der Waals surface area contributed by atoms with Crippen LogP contribution in [0.15, 0.2) is 53.0 Å². The summed E-state index contributed by atoms with van der Waals surface area (Å²) in [7, 11) is 1.50. The first-order chi connectivity index (χ1) is 9.97. The van der Waals surface area contributed by atoms with Gasteiger partial charge in [0, 0.05) is 22.9 Å². The zero-order valence-corrected chi connectivity index (χ0v) is 12.8. The van der Waals surface area contributed by atoms with Crippen molar-refractivity contribution in [1.82, 2.24) is 0 Å². The SMILES string of the molecule is CN(C(=O)C(=O)Nc1cccc(Br)c1)c1ccc(O)cc1. The molecule has 0 aliphatic rings. The Labute approximate surface area is 130 Å². The van der Waals surface area contributed by atoms with Gasteiger partial charge in [-0.1, -0.05) is 22.0 Å². The molecule has 0 spiro atoms. The van der Waals surface area contributed by atoms with Crippen LogP contribution >= 0.6 is 15.9 Å². The van der Waals surface area contributed by atoms with Crippen molar-refractivity contribution in [3.05, 3.63) is 53.0 Å². The van der Waals surface area contributed by atoms with Gasteiger partial charge in [-0.2, -0.15) is 0 Å². The standard InChI is InChI=1S/C15H13BrN2O3/c1-18(12-5-7-13(19)8-6-12)15(21)14(20)17-11-4-2-3-10(16)9-11/h2-9,19H,1H3,(H,17,20). The predicted octanol–water partition coefficient (Wildman–Crippen LogP) is 2.76. The molecule has 0 bridgehead atoms. The Hall–Kier alpha value is -2.34. The van der Waals surface area contributed by atoms with Crippen LogP contribution in [0.2, 0.25) is 0 Å². The predicted molar refractivity (Wildman–Crippen MR) is 84.3 cm³/mol. The third-order valence-electron chi connectivity index (χ3n) is 2.82. The van der Waals surface area contributed by atoms with E-state index in [1.807, 2.05) is 6.07 Å². The molecule has 0 unspecified atom stereocenters. The Kier molecular flexibility index (Phi) is 4.59. The second-order valence-electron chi connectivity index (χ2n) is 4.35. The molecular formula is C15H13BrN2O3. The molecule has 0 heterocycles. The molecule has 2 aromatic rings. The van der Waals surface area contributed by atoms with Crippen molar-refractivity contribution in [2.45, 2.75) is 0 Å². The number of benzene rings is 2. The first kappa shape index (κ1) is 15.1. The second-order valence-corrected chi connectivity index (χ2v) is 5.26. The zero-order chi connectivity index (χ0) is 15.4. The normalized spacial score (nSPS) is 10.0. The van der Waals surface area contributed by atoms with Crippen LogP contribution in [0.4, 0.5) is 11.4 Å². The maximum atomic E-state index is 12.1. The van der Waals surface area contributed by atoms with E-state index < -0.39 is 11.8 Å². The lowest BCUT2D eigenvalue weighted by Crippen LogP contribution is -2.37. The van der Waals surface area contributed by atoms with Gasteiger partial charge < -0.3 is 15.3 Å². The lowest BCUT2D eigenvalue weighted by molar-refractivity contribution is -0.134. The molecule has 0 aliphatic heterocycles. The highest BCUT2D eigenvalue weighted by Gasteiger charge is 2.20. The molecule has 2 N–H and O–H groups in total. The molecule has 0 fully saturated rings. The van der Waals surface area contributed by atoms with Crippen molar-refractivity contribution in [2.75, 3.05) is 17.3 Å². The molecule has 0 aliphatic carbocycles. The summed E-state index contributed by atoms with van der Waals surface area (Å²) in [6.07, 6.45) is 0. The molecule has 2 amide bonds. The molecule has 6 heteroatoms. The Morgan fingerprint density at radius 1 is 1.14 bits per heavy atom. The average molecular weight is 349 g/mol. The number of rotatable bonds is 2. The lowest BCUT2D eigenvalue weighted by atomic mass is 10.2. The summed E-state index contributed by atoms with van der Waals surface area (Å²) >= 11 is 3.29. The van der Waals surface area contributed by atoms with Gasteiger partial charge in [0.15, 0.2) is 0 Å². The third kappa shape index (κ3) is 3.82. The number of nitrogens with zero attached hydrogens (tertiary/aromatic N) is 1. The highest BCUT2D eigenvalue weighted by molar-refractivity contribution is 9.10. The maximum Gasteiger partial charge on any atom is 0.316 e. The third-order valence-corrected chi connectivity index (χ3v) is 3.31. The summed E-state index contributed by atoms with van der Waals surface area (Å²) < 4.78 is 0.805. The van der Waals surface area contributed by atoms with Crippen molar-refractivity contribution in [1.29, 1.82) is 0 Å². The van der Waals surface area contributed by atoms with Gasteiger partial charge in [-0.3, -0.25) is 9.59 Å². The fourth-order valence-electron chi connectivity index (χ4n) is 1.70. The highest BCUT2D eigenvalue weighted by atomic mass is 79.9. The number of hydrogen-bond donors (Lipinski definition) is 2. The largest absolute Gasteiger partial charge is 0.508 e. The number of amides is 2. The Morgan fingerprint density at radius 3 is 2.43 bits per heavy atom. The minimum absolute atomic E-state index is 0.0955. The summed E-state index contributed by atoms with van der Waals surface area (Å²) in [5.41, 5.74) is 1.05. The van der Waals surface area contributed by atoms with Crippen molar-refractivity contribution >= 4 is 39.1 Å². The lowest BCUT2D eigenvalue weighted by Gasteiger charge is -2.16. The molecule has 0 aromatic heterocycles. The van der Waals surface area contributed by atoms with E-state index in [2.05, 4.69) is 21.2 Å². The number of carbonyl (C=O) groups is 2. The topological polar surface area (TPSA) is 69.6 Å². The quantitative estimate of drug-likeness (QED) is 0.820. The van der Waals surface area contributed by atoms with Crippen LogP contribution in [-0.2, 0) is 9.59 Å². The number of carbonyl (C=O) groups excluding carboxylic acids is 2. The summed E-state index contributed by atoms with van der Waals surface area (Å²) in [5, 5.41) is 11.8. The van der Waals surface area contributed by atoms with Gasteiger partial charge in [0.2, 0.25) is 0 Å². The summed E-state index contributed by atoms with van der Waals surface area (Å²) in [4.78, 5) is 25.2. The van der Waals surface area contributed by atoms with Crippen LogP contribution in [0.3, 0.4) is 0 Å². The minimum atomic E-state index is -0.733. The Bertz CT molecular complexity index is 671. The molecule has 108 valence electrons. The molecule has 2 aromatic carbocycles. The maximum absolute atomic E-state index is 12.1. The Balaban J connectivity index is 2.08. The average Bonchev–Trinajstić information content (AvgIpc) is 2.46. The van der Waals surface area contributed by atoms with Crippen LogP contribution in [0.1, 0.15) is 0 Å². The minimum Gasteiger partial charge on any atom is -0.508 e. The molecule has 0 radical (unpaired) electrons. The van der Waals surface area contributed by atoms with Gasteiger partial charge in [0.05, 0.1) is 0 Å². The molecule has 0 atom stereocenters. The van der Waals surface area contributed by atoms with Crippen LogP contribution in [0.5, 0.6) is 5.75 Å². The van der Waals surface area contributed by atoms with E-state index in [0.717, 1.165) is 4.47 Å². The van der Waals surface area contributed by atoms with E-state index in [-0.39, 0.29) is 5.75 Å². The monoisotopic (exact) mass is 348 g/mol. The number of phenolic OH excluding ortho intramolecular Hbond substituents is 1.